The first-order valence-corrected chi connectivity index (χ1v) is 11.2. The van der Waals surface area contributed by atoms with Gasteiger partial charge in [0.15, 0.2) is 0 Å². The summed E-state index contributed by atoms with van der Waals surface area (Å²) in [6.45, 7) is 8.00. The molecule has 11 heteroatoms. The first-order chi connectivity index (χ1) is 15.4. The summed E-state index contributed by atoms with van der Waals surface area (Å²) in [5, 5.41) is 23.7. The van der Waals surface area contributed by atoms with E-state index in [-0.39, 0.29) is 16.6 Å². The molecule has 2 aliphatic rings. The van der Waals surface area contributed by atoms with Gasteiger partial charge in [0.05, 0.1) is 11.1 Å². The molecule has 0 unspecified atom stereocenters. The quantitative estimate of drug-likeness (QED) is 0.303. The van der Waals surface area contributed by atoms with Crippen LogP contribution in [0.4, 0.5) is 23.0 Å². The summed E-state index contributed by atoms with van der Waals surface area (Å²) in [6, 6.07) is 3.62. The number of nitro groups is 1. The van der Waals surface area contributed by atoms with Gasteiger partial charge in [-0.2, -0.15) is 5.10 Å². The number of aromatic nitrogens is 3. The molecule has 0 radical (unpaired) electrons. The highest BCUT2D eigenvalue weighted by molar-refractivity contribution is 5.92. The summed E-state index contributed by atoms with van der Waals surface area (Å²) in [7, 11) is 0. The van der Waals surface area contributed by atoms with E-state index in [1.54, 1.807) is 12.3 Å². The van der Waals surface area contributed by atoms with Gasteiger partial charge in [-0.15, -0.1) is 10.2 Å². The van der Waals surface area contributed by atoms with Gasteiger partial charge in [-0.3, -0.25) is 10.1 Å². The standard InChI is InChI=1S/C21H31N9O2/c1-15-3-7-27(8-4-15)18-12-19(28-9-5-16(2)6-10-28)20(30(31)32)11-17(18)13-23-25-21-26-24-14-29(21)22/h11-16H,3-10,22H2,1-2H3,(H,25,26)/b23-13-. The lowest BCUT2D eigenvalue weighted by Crippen LogP contribution is -2.35. The lowest BCUT2D eigenvalue weighted by Gasteiger charge is -2.35. The van der Waals surface area contributed by atoms with E-state index in [0.717, 1.165) is 57.5 Å². The lowest BCUT2D eigenvalue weighted by molar-refractivity contribution is -0.384. The van der Waals surface area contributed by atoms with Crippen molar-refractivity contribution in [2.24, 2.45) is 16.9 Å². The first-order valence-electron chi connectivity index (χ1n) is 11.2. The van der Waals surface area contributed by atoms with E-state index in [1.807, 2.05) is 6.07 Å². The molecule has 0 aliphatic carbocycles. The molecular formula is C21H31N9O2. The van der Waals surface area contributed by atoms with Crippen molar-refractivity contribution in [3.05, 3.63) is 34.1 Å². The fraction of sp³-hybridized carbons (Fsp3) is 0.571. The van der Waals surface area contributed by atoms with Crippen molar-refractivity contribution >= 4 is 29.2 Å². The fourth-order valence-corrected chi connectivity index (χ4v) is 4.34. The van der Waals surface area contributed by atoms with E-state index in [1.165, 1.54) is 11.0 Å². The van der Waals surface area contributed by atoms with E-state index >= 15 is 0 Å². The largest absolute Gasteiger partial charge is 0.371 e. The number of nitro benzene ring substituents is 1. The molecule has 1 aromatic heterocycles. The first kappa shape index (κ1) is 21.8. The highest BCUT2D eigenvalue weighted by atomic mass is 16.6. The maximum Gasteiger partial charge on any atom is 0.293 e. The summed E-state index contributed by atoms with van der Waals surface area (Å²) in [5.41, 5.74) is 5.21. The number of hydrogen-bond acceptors (Lipinski definition) is 9. The summed E-state index contributed by atoms with van der Waals surface area (Å²) in [4.78, 5) is 16.2. The smallest absolute Gasteiger partial charge is 0.293 e. The number of hydrazone groups is 1. The van der Waals surface area contributed by atoms with E-state index in [2.05, 4.69) is 44.4 Å². The van der Waals surface area contributed by atoms with Crippen LogP contribution in [0.1, 0.15) is 45.1 Å². The van der Waals surface area contributed by atoms with Crippen LogP contribution in [0.5, 0.6) is 0 Å². The Morgan fingerprint density at radius 2 is 1.69 bits per heavy atom. The molecule has 3 heterocycles. The minimum Gasteiger partial charge on any atom is -0.371 e. The molecule has 4 rings (SSSR count). The molecule has 32 heavy (non-hydrogen) atoms. The van der Waals surface area contributed by atoms with Crippen molar-refractivity contribution < 1.29 is 4.92 Å². The van der Waals surface area contributed by atoms with Crippen LogP contribution in [-0.4, -0.2) is 52.2 Å². The molecule has 0 atom stereocenters. The minimum atomic E-state index is -0.295. The van der Waals surface area contributed by atoms with Gasteiger partial charge in [0, 0.05) is 43.5 Å². The molecule has 2 fully saturated rings. The van der Waals surface area contributed by atoms with Crippen LogP contribution in [-0.2, 0) is 0 Å². The molecular weight excluding hydrogens is 410 g/mol. The average molecular weight is 442 g/mol. The lowest BCUT2D eigenvalue weighted by atomic mass is 9.96. The van der Waals surface area contributed by atoms with E-state index in [4.69, 9.17) is 5.84 Å². The maximum absolute atomic E-state index is 12.0. The second kappa shape index (κ2) is 9.41. The number of benzene rings is 1. The van der Waals surface area contributed by atoms with Crippen LogP contribution in [0.2, 0.25) is 0 Å². The fourth-order valence-electron chi connectivity index (χ4n) is 4.34. The van der Waals surface area contributed by atoms with Crippen LogP contribution in [0.15, 0.2) is 23.6 Å². The SMILES string of the molecule is CC1CCN(c2cc(N3CCC(C)CC3)c([N+](=O)[O-])cc2/C=N\Nc2nncn2N)CC1. The van der Waals surface area contributed by atoms with Gasteiger partial charge in [-0.25, -0.2) is 10.1 Å². The molecule has 0 bridgehead atoms. The van der Waals surface area contributed by atoms with Gasteiger partial charge < -0.3 is 15.6 Å². The predicted molar refractivity (Wildman–Crippen MR) is 126 cm³/mol. The third kappa shape index (κ3) is 4.76. The molecule has 0 saturated carbocycles. The van der Waals surface area contributed by atoms with Gasteiger partial charge in [0.25, 0.3) is 11.6 Å². The third-order valence-electron chi connectivity index (χ3n) is 6.51. The van der Waals surface area contributed by atoms with E-state index in [9.17, 15) is 10.1 Å². The van der Waals surface area contributed by atoms with Gasteiger partial charge in [-0.1, -0.05) is 13.8 Å². The van der Waals surface area contributed by atoms with Crippen LogP contribution < -0.4 is 21.1 Å². The Kier molecular flexibility index (Phi) is 6.42. The Labute approximate surface area is 187 Å². The zero-order valence-corrected chi connectivity index (χ0v) is 18.6. The molecule has 2 aliphatic heterocycles. The van der Waals surface area contributed by atoms with Crippen molar-refractivity contribution in [2.75, 3.05) is 47.2 Å². The number of hydrogen-bond donors (Lipinski definition) is 2. The Bertz CT molecular complexity index is 974. The number of nitrogens with zero attached hydrogens (tertiary/aromatic N) is 7. The summed E-state index contributed by atoms with van der Waals surface area (Å²) >= 11 is 0. The predicted octanol–water partition coefficient (Wildman–Crippen LogP) is 2.82. The maximum atomic E-state index is 12.0. The molecule has 0 spiro atoms. The average Bonchev–Trinajstić information content (AvgIpc) is 3.19. The summed E-state index contributed by atoms with van der Waals surface area (Å²) in [5.74, 6) is 7.32. The zero-order valence-electron chi connectivity index (χ0n) is 18.6. The van der Waals surface area contributed by atoms with Gasteiger partial charge in [0.2, 0.25) is 0 Å². The molecule has 11 nitrogen and oxygen atoms in total. The van der Waals surface area contributed by atoms with Crippen LogP contribution >= 0.6 is 0 Å². The zero-order chi connectivity index (χ0) is 22.7. The monoisotopic (exact) mass is 441 g/mol. The minimum absolute atomic E-state index is 0.108. The molecule has 0 amide bonds. The van der Waals surface area contributed by atoms with Crippen LogP contribution in [0.3, 0.4) is 0 Å². The van der Waals surface area contributed by atoms with Gasteiger partial charge in [0.1, 0.15) is 12.0 Å². The molecule has 1 aromatic carbocycles. The number of nitrogen functional groups attached to an aromatic ring is 1. The second-order valence-electron chi connectivity index (χ2n) is 8.93. The summed E-state index contributed by atoms with van der Waals surface area (Å²) < 4.78 is 1.22. The Balaban J connectivity index is 1.70. The molecule has 2 saturated heterocycles. The van der Waals surface area contributed by atoms with Crippen molar-refractivity contribution in [3.63, 3.8) is 0 Å². The van der Waals surface area contributed by atoms with Crippen molar-refractivity contribution in [2.45, 2.75) is 39.5 Å². The molecule has 2 aromatic rings. The summed E-state index contributed by atoms with van der Waals surface area (Å²) in [6.07, 6.45) is 7.23. The van der Waals surface area contributed by atoms with Crippen molar-refractivity contribution in [1.29, 1.82) is 0 Å². The number of nitrogens with two attached hydrogens (primary N) is 1. The Morgan fingerprint density at radius 1 is 1.09 bits per heavy atom. The number of nitrogens with one attached hydrogen (secondary N) is 1. The van der Waals surface area contributed by atoms with Crippen molar-refractivity contribution in [3.8, 4) is 0 Å². The van der Waals surface area contributed by atoms with E-state index in [0.29, 0.717) is 23.1 Å². The van der Waals surface area contributed by atoms with Crippen LogP contribution in [0, 0.1) is 22.0 Å². The van der Waals surface area contributed by atoms with Gasteiger partial charge in [-0.05, 0) is 43.6 Å². The van der Waals surface area contributed by atoms with Crippen molar-refractivity contribution in [1.82, 2.24) is 14.9 Å². The van der Waals surface area contributed by atoms with Crippen LogP contribution in [0.25, 0.3) is 0 Å². The Morgan fingerprint density at radius 3 is 2.22 bits per heavy atom. The Hall–Kier alpha value is -3.37. The second-order valence-corrected chi connectivity index (χ2v) is 8.93. The number of rotatable bonds is 6. The molecule has 3 N–H and O–H groups in total. The van der Waals surface area contributed by atoms with Gasteiger partial charge >= 0.3 is 0 Å². The number of anilines is 3. The highest BCUT2D eigenvalue weighted by Crippen LogP contribution is 2.38. The molecule has 172 valence electrons. The highest BCUT2D eigenvalue weighted by Gasteiger charge is 2.27. The third-order valence-corrected chi connectivity index (χ3v) is 6.51. The van der Waals surface area contributed by atoms with E-state index < -0.39 is 0 Å². The normalized spacial score (nSPS) is 18.4. The number of piperidine rings is 2. The topological polar surface area (TPSA) is 131 Å².